The van der Waals surface area contributed by atoms with Gasteiger partial charge < -0.3 is 19.3 Å². The van der Waals surface area contributed by atoms with Crippen molar-refractivity contribution in [1.82, 2.24) is 0 Å². The van der Waals surface area contributed by atoms with Crippen molar-refractivity contribution in [1.29, 1.82) is 0 Å². The highest BCUT2D eigenvalue weighted by Gasteiger charge is 2.48. The lowest BCUT2D eigenvalue weighted by Gasteiger charge is -2.42. The summed E-state index contributed by atoms with van der Waals surface area (Å²) in [6.07, 6.45) is -3.97. The van der Waals surface area contributed by atoms with E-state index in [1.54, 1.807) is 67.6 Å². The van der Waals surface area contributed by atoms with Crippen LogP contribution in [0.1, 0.15) is 27.6 Å². The van der Waals surface area contributed by atoms with Gasteiger partial charge in [-0.2, -0.15) is 0 Å². The van der Waals surface area contributed by atoms with Gasteiger partial charge in [0.2, 0.25) is 0 Å². The number of hydrogen-bond donors (Lipinski definition) is 1. The van der Waals surface area contributed by atoms with Crippen LogP contribution in [0.25, 0.3) is 0 Å². The summed E-state index contributed by atoms with van der Waals surface area (Å²) >= 11 is 1.32. The Hall–Kier alpha value is -3.13. The molecule has 0 bridgehead atoms. The number of ether oxygens (including phenoxy) is 3. The van der Waals surface area contributed by atoms with Crippen LogP contribution >= 0.6 is 11.8 Å². The van der Waals surface area contributed by atoms with Crippen molar-refractivity contribution in [3.05, 3.63) is 102 Å². The van der Waals surface area contributed by atoms with Gasteiger partial charge in [0.15, 0.2) is 12.2 Å². The Kier molecular flexibility index (Phi) is 7.44. The molecular formula is C26H24O6S. The van der Waals surface area contributed by atoms with Gasteiger partial charge >= 0.3 is 11.9 Å². The summed E-state index contributed by atoms with van der Waals surface area (Å²) in [4.78, 5) is 26.4. The zero-order valence-corrected chi connectivity index (χ0v) is 18.8. The van der Waals surface area contributed by atoms with Crippen molar-refractivity contribution < 1.29 is 28.9 Å². The predicted octanol–water partition coefficient (Wildman–Crippen LogP) is 4.34. The summed E-state index contributed by atoms with van der Waals surface area (Å²) in [6.45, 7) is 1.73. The van der Waals surface area contributed by atoms with E-state index >= 15 is 0 Å². The van der Waals surface area contributed by atoms with Gasteiger partial charge in [-0.05, 0) is 43.3 Å². The molecule has 1 aliphatic rings. The van der Waals surface area contributed by atoms with E-state index < -0.39 is 41.8 Å². The molecule has 0 saturated carbocycles. The molecule has 0 radical (unpaired) electrons. The number of aliphatic hydroxyl groups is 1. The molecule has 5 atom stereocenters. The first-order valence-corrected chi connectivity index (χ1v) is 11.5. The van der Waals surface area contributed by atoms with Crippen LogP contribution in [0.3, 0.4) is 0 Å². The summed E-state index contributed by atoms with van der Waals surface area (Å²) in [5.74, 6) is -1.20. The summed E-state index contributed by atoms with van der Waals surface area (Å²) in [6, 6.07) is 26.5. The van der Waals surface area contributed by atoms with Crippen LogP contribution in [0.4, 0.5) is 0 Å². The minimum Gasteiger partial charge on any atom is -0.452 e. The van der Waals surface area contributed by atoms with Gasteiger partial charge in [0.25, 0.3) is 0 Å². The molecule has 1 heterocycles. The van der Waals surface area contributed by atoms with Crippen molar-refractivity contribution in [2.24, 2.45) is 0 Å². The molecule has 0 spiro atoms. The Morgan fingerprint density at radius 2 is 1.21 bits per heavy atom. The third-order valence-corrected chi connectivity index (χ3v) is 6.42. The third-order valence-electron chi connectivity index (χ3n) is 5.25. The average Bonchev–Trinajstić information content (AvgIpc) is 2.86. The monoisotopic (exact) mass is 464 g/mol. The molecule has 1 fully saturated rings. The normalized spacial score (nSPS) is 24.6. The fraction of sp³-hybridized carbons (Fsp3) is 0.231. The molecular weight excluding hydrogens is 440 g/mol. The second kappa shape index (κ2) is 10.7. The molecule has 1 aliphatic heterocycles. The summed E-state index contributed by atoms with van der Waals surface area (Å²) in [7, 11) is 0. The zero-order valence-electron chi connectivity index (χ0n) is 17.9. The number of benzene rings is 3. The second-order valence-corrected chi connectivity index (χ2v) is 8.77. The minimum absolute atomic E-state index is 0.337. The Labute approximate surface area is 196 Å². The van der Waals surface area contributed by atoms with Gasteiger partial charge in [-0.1, -0.05) is 66.4 Å². The van der Waals surface area contributed by atoms with Crippen LogP contribution in [0.2, 0.25) is 0 Å². The molecule has 4 rings (SSSR count). The van der Waals surface area contributed by atoms with Crippen LogP contribution in [0.15, 0.2) is 95.9 Å². The van der Waals surface area contributed by atoms with Gasteiger partial charge in [0.05, 0.1) is 17.2 Å². The van der Waals surface area contributed by atoms with Gasteiger partial charge in [0, 0.05) is 4.90 Å². The van der Waals surface area contributed by atoms with E-state index in [0.29, 0.717) is 11.1 Å². The summed E-state index contributed by atoms with van der Waals surface area (Å²) in [5, 5.41) is 11.1. The molecule has 6 nitrogen and oxygen atoms in total. The van der Waals surface area contributed by atoms with Crippen molar-refractivity contribution in [3.8, 4) is 0 Å². The van der Waals surface area contributed by atoms with Gasteiger partial charge in [-0.3, -0.25) is 0 Å². The zero-order chi connectivity index (χ0) is 23.2. The fourth-order valence-electron chi connectivity index (χ4n) is 3.55. The molecule has 0 aliphatic carbocycles. The van der Waals surface area contributed by atoms with E-state index in [0.717, 1.165) is 4.90 Å². The molecule has 33 heavy (non-hydrogen) atoms. The van der Waals surface area contributed by atoms with Crippen LogP contribution in [-0.4, -0.2) is 46.9 Å². The maximum Gasteiger partial charge on any atom is 0.338 e. The highest BCUT2D eigenvalue weighted by atomic mass is 32.2. The minimum atomic E-state index is -1.23. The molecule has 0 aromatic heterocycles. The number of hydrogen-bond acceptors (Lipinski definition) is 7. The molecule has 3 aromatic rings. The first-order valence-electron chi connectivity index (χ1n) is 10.6. The lowest BCUT2D eigenvalue weighted by molar-refractivity contribution is -0.194. The van der Waals surface area contributed by atoms with E-state index in [1.165, 1.54) is 11.8 Å². The maximum absolute atomic E-state index is 12.8. The van der Waals surface area contributed by atoms with Gasteiger partial charge in [-0.15, -0.1) is 0 Å². The van der Waals surface area contributed by atoms with Crippen LogP contribution < -0.4 is 0 Å². The summed E-state index contributed by atoms with van der Waals surface area (Å²) in [5.41, 5.74) is -0.0278. The second-order valence-electron chi connectivity index (χ2n) is 7.60. The summed E-state index contributed by atoms with van der Waals surface area (Å²) < 4.78 is 17.4. The molecule has 1 saturated heterocycles. The van der Waals surface area contributed by atoms with Crippen molar-refractivity contribution in [3.63, 3.8) is 0 Å². The van der Waals surface area contributed by atoms with Crippen molar-refractivity contribution in [2.75, 3.05) is 0 Å². The number of carbonyl (C=O) groups is 2. The van der Waals surface area contributed by atoms with Crippen LogP contribution in [0.5, 0.6) is 0 Å². The number of aliphatic hydroxyl groups excluding tert-OH is 1. The van der Waals surface area contributed by atoms with Crippen molar-refractivity contribution >= 4 is 23.7 Å². The molecule has 3 aromatic carbocycles. The number of carbonyl (C=O) groups excluding carboxylic acids is 2. The first kappa shape index (κ1) is 23.0. The standard InChI is InChI=1S/C26H24O6S/c1-17-22(31-24(28)18-11-5-2-6-12-18)23(32-25(29)19-13-7-3-8-14-19)21(27)26(30-17)33-20-15-9-4-10-16-20/h2-17,21-23,26-27H,1H3/t17-,21+,22+,23-,26+/m0/s1. The Morgan fingerprint density at radius 1 is 0.758 bits per heavy atom. The van der Waals surface area contributed by atoms with Crippen LogP contribution in [0, 0.1) is 0 Å². The first-order chi connectivity index (χ1) is 16.0. The molecule has 0 amide bonds. The van der Waals surface area contributed by atoms with Gasteiger partial charge in [0.1, 0.15) is 11.5 Å². The molecule has 170 valence electrons. The maximum atomic E-state index is 12.8. The smallest absolute Gasteiger partial charge is 0.338 e. The lowest BCUT2D eigenvalue weighted by atomic mass is 10.00. The van der Waals surface area contributed by atoms with E-state index in [2.05, 4.69) is 0 Å². The lowest BCUT2D eigenvalue weighted by Crippen LogP contribution is -2.58. The largest absolute Gasteiger partial charge is 0.452 e. The predicted molar refractivity (Wildman–Crippen MR) is 124 cm³/mol. The Morgan fingerprint density at radius 3 is 1.73 bits per heavy atom. The van der Waals surface area contributed by atoms with E-state index in [1.807, 2.05) is 30.3 Å². The third kappa shape index (κ3) is 5.63. The van der Waals surface area contributed by atoms with E-state index in [4.69, 9.17) is 14.2 Å². The fourth-order valence-corrected chi connectivity index (χ4v) is 4.66. The number of thioether (sulfide) groups is 1. The quantitative estimate of drug-likeness (QED) is 0.544. The number of esters is 2. The van der Waals surface area contributed by atoms with Gasteiger partial charge in [-0.25, -0.2) is 9.59 Å². The molecule has 1 N–H and O–H groups in total. The number of rotatable bonds is 6. The highest BCUT2D eigenvalue weighted by molar-refractivity contribution is 7.99. The highest BCUT2D eigenvalue weighted by Crippen LogP contribution is 2.36. The molecule has 7 heteroatoms. The Bertz CT molecular complexity index is 1060. The topological polar surface area (TPSA) is 82.1 Å². The van der Waals surface area contributed by atoms with E-state index in [9.17, 15) is 14.7 Å². The average molecular weight is 465 g/mol. The van der Waals surface area contributed by atoms with Crippen LogP contribution in [-0.2, 0) is 14.2 Å². The Balaban J connectivity index is 1.58. The SMILES string of the molecule is C[C@@H]1O[C@H](Sc2ccccc2)[C@H](O)[C@H](OC(=O)c2ccccc2)[C@@H]1OC(=O)c1ccccc1. The molecule has 0 unspecified atom stereocenters. The van der Waals surface area contributed by atoms with E-state index in [-0.39, 0.29) is 0 Å². The van der Waals surface area contributed by atoms with Crippen molar-refractivity contribution in [2.45, 2.75) is 41.7 Å².